The molecule has 90 valence electrons. The lowest BCUT2D eigenvalue weighted by Gasteiger charge is -2.19. The summed E-state index contributed by atoms with van der Waals surface area (Å²) in [5.74, 6) is 1.44. The molecule has 0 fully saturated rings. The van der Waals surface area contributed by atoms with Crippen LogP contribution < -0.4 is 10.5 Å². The summed E-state index contributed by atoms with van der Waals surface area (Å²) in [7, 11) is 0. The van der Waals surface area contributed by atoms with E-state index in [4.69, 9.17) is 10.5 Å². The number of ether oxygens (including phenoxy) is 1. The van der Waals surface area contributed by atoms with Gasteiger partial charge in [-0.3, -0.25) is 0 Å². The van der Waals surface area contributed by atoms with Gasteiger partial charge < -0.3 is 10.5 Å². The minimum atomic E-state index is 0.109. The van der Waals surface area contributed by atoms with Crippen LogP contribution in [-0.4, -0.2) is 6.10 Å². The molecule has 0 aliphatic heterocycles. The van der Waals surface area contributed by atoms with E-state index in [9.17, 15) is 0 Å². The molecule has 16 heavy (non-hydrogen) atoms. The van der Waals surface area contributed by atoms with Crippen LogP contribution in [0.4, 0.5) is 0 Å². The van der Waals surface area contributed by atoms with Crippen LogP contribution in [0.3, 0.4) is 0 Å². The lowest BCUT2D eigenvalue weighted by atomic mass is 10.1. The van der Waals surface area contributed by atoms with Gasteiger partial charge in [-0.25, -0.2) is 0 Å². The van der Waals surface area contributed by atoms with Gasteiger partial charge in [0.05, 0.1) is 6.10 Å². The zero-order chi connectivity index (χ0) is 12.1. The standard InChI is InChI=1S/C14H23NO/c1-5-14(15)12-7-6-8-13(9-12)16-11(4)10(2)3/h6-11,14H,5,15H2,1-4H3. The maximum Gasteiger partial charge on any atom is 0.120 e. The van der Waals surface area contributed by atoms with Crippen molar-refractivity contribution in [1.82, 2.24) is 0 Å². The molecule has 1 aromatic carbocycles. The highest BCUT2D eigenvalue weighted by molar-refractivity contribution is 5.30. The highest BCUT2D eigenvalue weighted by Gasteiger charge is 2.10. The molecular formula is C14H23NO. The third kappa shape index (κ3) is 3.53. The Morgan fingerprint density at radius 1 is 1.25 bits per heavy atom. The molecule has 0 aromatic heterocycles. The van der Waals surface area contributed by atoms with E-state index >= 15 is 0 Å². The first-order valence-corrected chi connectivity index (χ1v) is 6.06. The fourth-order valence-electron chi connectivity index (χ4n) is 1.40. The Morgan fingerprint density at radius 3 is 2.50 bits per heavy atom. The van der Waals surface area contributed by atoms with Crippen molar-refractivity contribution in [3.05, 3.63) is 29.8 Å². The Labute approximate surface area is 98.8 Å². The van der Waals surface area contributed by atoms with Crippen molar-refractivity contribution >= 4 is 0 Å². The molecule has 2 heteroatoms. The summed E-state index contributed by atoms with van der Waals surface area (Å²) in [6, 6.07) is 8.21. The highest BCUT2D eigenvalue weighted by atomic mass is 16.5. The number of benzene rings is 1. The average molecular weight is 221 g/mol. The van der Waals surface area contributed by atoms with E-state index in [1.807, 2.05) is 18.2 Å². The summed E-state index contributed by atoms with van der Waals surface area (Å²) in [5.41, 5.74) is 7.15. The molecule has 0 aliphatic rings. The van der Waals surface area contributed by atoms with Crippen molar-refractivity contribution in [2.45, 2.75) is 46.3 Å². The van der Waals surface area contributed by atoms with E-state index in [2.05, 4.69) is 33.8 Å². The van der Waals surface area contributed by atoms with Crippen molar-refractivity contribution in [3.63, 3.8) is 0 Å². The fraction of sp³-hybridized carbons (Fsp3) is 0.571. The molecule has 0 bridgehead atoms. The van der Waals surface area contributed by atoms with Crippen molar-refractivity contribution in [1.29, 1.82) is 0 Å². The molecule has 1 rings (SSSR count). The first-order valence-electron chi connectivity index (χ1n) is 6.06. The summed E-state index contributed by atoms with van der Waals surface area (Å²) in [4.78, 5) is 0. The maximum atomic E-state index is 6.00. The minimum absolute atomic E-state index is 0.109. The zero-order valence-corrected chi connectivity index (χ0v) is 10.7. The monoisotopic (exact) mass is 221 g/mol. The van der Waals surface area contributed by atoms with E-state index in [0.29, 0.717) is 5.92 Å². The predicted molar refractivity (Wildman–Crippen MR) is 68.6 cm³/mol. The molecule has 2 N–H and O–H groups in total. The first-order chi connectivity index (χ1) is 7.54. The Kier molecular flexibility index (Phi) is 4.81. The predicted octanol–water partition coefficient (Wildman–Crippen LogP) is 3.52. The van der Waals surface area contributed by atoms with Gasteiger partial charge in [0, 0.05) is 6.04 Å². The van der Waals surface area contributed by atoms with E-state index in [0.717, 1.165) is 17.7 Å². The highest BCUT2D eigenvalue weighted by Crippen LogP contribution is 2.21. The van der Waals surface area contributed by atoms with E-state index in [1.165, 1.54) is 0 Å². The van der Waals surface area contributed by atoms with Gasteiger partial charge >= 0.3 is 0 Å². The molecule has 2 unspecified atom stereocenters. The number of hydrogen-bond donors (Lipinski definition) is 1. The SMILES string of the molecule is CCC(N)c1cccc(OC(C)C(C)C)c1. The van der Waals surface area contributed by atoms with Crippen LogP contribution in [0.1, 0.15) is 45.7 Å². The van der Waals surface area contributed by atoms with Crippen LogP contribution in [0.15, 0.2) is 24.3 Å². The van der Waals surface area contributed by atoms with Crippen LogP contribution in [0.5, 0.6) is 5.75 Å². The smallest absolute Gasteiger partial charge is 0.120 e. The molecule has 2 atom stereocenters. The molecular weight excluding hydrogens is 198 g/mol. The summed E-state index contributed by atoms with van der Waals surface area (Å²) in [5, 5.41) is 0. The van der Waals surface area contributed by atoms with Crippen LogP contribution >= 0.6 is 0 Å². The van der Waals surface area contributed by atoms with Gasteiger partial charge in [0.15, 0.2) is 0 Å². The zero-order valence-electron chi connectivity index (χ0n) is 10.7. The van der Waals surface area contributed by atoms with Gasteiger partial charge in [0.1, 0.15) is 5.75 Å². The molecule has 0 saturated carbocycles. The normalized spacial score (nSPS) is 14.9. The Morgan fingerprint density at radius 2 is 1.94 bits per heavy atom. The fourth-order valence-corrected chi connectivity index (χ4v) is 1.40. The molecule has 2 nitrogen and oxygen atoms in total. The summed E-state index contributed by atoms with van der Waals surface area (Å²) >= 11 is 0. The van der Waals surface area contributed by atoms with Crippen molar-refractivity contribution in [3.8, 4) is 5.75 Å². The van der Waals surface area contributed by atoms with Crippen molar-refractivity contribution in [2.75, 3.05) is 0 Å². The Bertz CT molecular complexity index is 322. The largest absolute Gasteiger partial charge is 0.490 e. The molecule has 0 saturated heterocycles. The van der Waals surface area contributed by atoms with E-state index in [1.54, 1.807) is 0 Å². The second-order valence-electron chi connectivity index (χ2n) is 4.65. The van der Waals surface area contributed by atoms with Gasteiger partial charge in [0.2, 0.25) is 0 Å². The first kappa shape index (κ1) is 13.0. The summed E-state index contributed by atoms with van der Waals surface area (Å²) in [6.07, 6.45) is 1.18. The number of rotatable bonds is 5. The molecule has 0 aliphatic carbocycles. The minimum Gasteiger partial charge on any atom is -0.490 e. The van der Waals surface area contributed by atoms with Crippen LogP contribution in [0, 0.1) is 5.92 Å². The average Bonchev–Trinajstić information content (AvgIpc) is 2.28. The van der Waals surface area contributed by atoms with Crippen molar-refractivity contribution < 1.29 is 4.74 Å². The second kappa shape index (κ2) is 5.90. The third-order valence-corrected chi connectivity index (χ3v) is 2.99. The van der Waals surface area contributed by atoms with Crippen LogP contribution in [0.2, 0.25) is 0 Å². The maximum absolute atomic E-state index is 6.00. The Hall–Kier alpha value is -1.02. The van der Waals surface area contributed by atoms with Gasteiger partial charge in [-0.05, 0) is 37.0 Å². The van der Waals surface area contributed by atoms with E-state index < -0.39 is 0 Å². The van der Waals surface area contributed by atoms with Crippen LogP contribution in [-0.2, 0) is 0 Å². The molecule has 0 spiro atoms. The number of nitrogens with two attached hydrogens (primary N) is 1. The topological polar surface area (TPSA) is 35.2 Å². The molecule has 0 radical (unpaired) electrons. The lowest BCUT2D eigenvalue weighted by molar-refractivity contribution is 0.170. The lowest BCUT2D eigenvalue weighted by Crippen LogP contribution is -2.19. The summed E-state index contributed by atoms with van der Waals surface area (Å²) < 4.78 is 5.86. The Balaban J connectivity index is 2.74. The van der Waals surface area contributed by atoms with Gasteiger partial charge in [-0.15, -0.1) is 0 Å². The van der Waals surface area contributed by atoms with Gasteiger partial charge in [0.25, 0.3) is 0 Å². The molecule has 0 heterocycles. The molecule has 0 amide bonds. The van der Waals surface area contributed by atoms with Crippen LogP contribution in [0.25, 0.3) is 0 Å². The van der Waals surface area contributed by atoms with Gasteiger partial charge in [-0.1, -0.05) is 32.9 Å². The summed E-state index contributed by atoms with van der Waals surface area (Å²) in [6.45, 7) is 8.50. The second-order valence-corrected chi connectivity index (χ2v) is 4.65. The van der Waals surface area contributed by atoms with Crippen molar-refractivity contribution in [2.24, 2.45) is 11.7 Å². The third-order valence-electron chi connectivity index (χ3n) is 2.99. The van der Waals surface area contributed by atoms with E-state index in [-0.39, 0.29) is 12.1 Å². The quantitative estimate of drug-likeness (QED) is 0.825. The molecule has 1 aromatic rings. The van der Waals surface area contributed by atoms with Gasteiger partial charge in [-0.2, -0.15) is 0 Å². The number of hydrogen-bond acceptors (Lipinski definition) is 2.